The van der Waals surface area contributed by atoms with Crippen molar-refractivity contribution in [3.8, 4) is 0 Å². The minimum Gasteiger partial charge on any atom is -0.206 e. The summed E-state index contributed by atoms with van der Waals surface area (Å²) in [7, 11) is 0. The zero-order chi connectivity index (χ0) is 9.72. The largest absolute Gasteiger partial charge is 0.206 e. The van der Waals surface area contributed by atoms with E-state index in [2.05, 4.69) is 15.9 Å². The fraction of sp³-hybridized carbons (Fsp3) is 0.400. The second-order valence-electron chi connectivity index (χ2n) is 2.38. The van der Waals surface area contributed by atoms with Gasteiger partial charge in [0.05, 0.1) is 4.47 Å². The van der Waals surface area contributed by atoms with Crippen molar-refractivity contribution in [2.24, 2.45) is 0 Å². The molecule has 0 saturated heterocycles. The zero-order valence-corrected chi connectivity index (χ0v) is 9.50. The minimum atomic E-state index is -0.183. The lowest BCUT2D eigenvalue weighted by Crippen LogP contribution is -1.84. The third kappa shape index (κ3) is 2.94. The van der Waals surface area contributed by atoms with Gasteiger partial charge in [0.25, 0.3) is 0 Å². The van der Waals surface area contributed by atoms with E-state index in [0.717, 1.165) is 11.1 Å². The summed E-state index contributed by atoms with van der Waals surface area (Å²) < 4.78 is 13.4. The highest BCUT2D eigenvalue weighted by Crippen LogP contribution is 2.20. The standard InChI is InChI=1S/C8H8BrF.C2H6/c1-5-3-6(2)8(9)7(10)4-5;1-2/h3-4H,1-2H3;1-2H3. The summed E-state index contributed by atoms with van der Waals surface area (Å²) in [6, 6.07) is 3.45. The van der Waals surface area contributed by atoms with Crippen molar-refractivity contribution in [1.82, 2.24) is 0 Å². The van der Waals surface area contributed by atoms with Crippen molar-refractivity contribution in [2.45, 2.75) is 27.7 Å². The Hall–Kier alpha value is -0.370. The summed E-state index contributed by atoms with van der Waals surface area (Å²) in [6.07, 6.45) is 0. The Bertz CT molecular complexity index is 233. The molecule has 0 amide bonds. The van der Waals surface area contributed by atoms with Crippen LogP contribution in [0.25, 0.3) is 0 Å². The quantitative estimate of drug-likeness (QED) is 0.629. The van der Waals surface area contributed by atoms with Crippen LogP contribution in [0.15, 0.2) is 16.6 Å². The van der Waals surface area contributed by atoms with Crippen LogP contribution in [-0.2, 0) is 0 Å². The molecule has 68 valence electrons. The van der Waals surface area contributed by atoms with E-state index in [1.165, 1.54) is 6.07 Å². The van der Waals surface area contributed by atoms with Gasteiger partial charge in [-0.3, -0.25) is 0 Å². The van der Waals surface area contributed by atoms with Crippen LogP contribution in [0.2, 0.25) is 0 Å². The van der Waals surface area contributed by atoms with Gasteiger partial charge >= 0.3 is 0 Å². The van der Waals surface area contributed by atoms with E-state index in [9.17, 15) is 4.39 Å². The molecule has 1 aromatic rings. The molecule has 0 aliphatic heterocycles. The number of rotatable bonds is 0. The van der Waals surface area contributed by atoms with Crippen LogP contribution in [0.5, 0.6) is 0 Å². The molecule has 12 heavy (non-hydrogen) atoms. The molecule has 1 aromatic carbocycles. The van der Waals surface area contributed by atoms with E-state index in [0.29, 0.717) is 4.47 Å². The van der Waals surface area contributed by atoms with Gasteiger partial charge in [-0.2, -0.15) is 0 Å². The maximum Gasteiger partial charge on any atom is 0.137 e. The van der Waals surface area contributed by atoms with E-state index in [-0.39, 0.29) is 5.82 Å². The number of aryl methyl sites for hydroxylation is 2. The first-order valence-electron chi connectivity index (χ1n) is 4.03. The van der Waals surface area contributed by atoms with E-state index in [4.69, 9.17) is 0 Å². The Kier molecular flexibility index (Phi) is 5.14. The Morgan fingerprint density at radius 2 is 1.67 bits per heavy atom. The van der Waals surface area contributed by atoms with Gasteiger partial charge in [-0.05, 0) is 47.0 Å². The highest BCUT2D eigenvalue weighted by Gasteiger charge is 2.01. The van der Waals surface area contributed by atoms with Crippen LogP contribution in [0.4, 0.5) is 4.39 Å². The van der Waals surface area contributed by atoms with Crippen molar-refractivity contribution in [2.75, 3.05) is 0 Å². The normalized spacial score (nSPS) is 8.83. The third-order valence-corrected chi connectivity index (χ3v) is 2.36. The predicted octanol–water partition coefficient (Wildman–Crippen LogP) is 4.23. The SMILES string of the molecule is CC.Cc1cc(C)c(Br)c(F)c1. The molecular formula is C10H14BrF. The number of benzene rings is 1. The zero-order valence-electron chi connectivity index (χ0n) is 7.91. The molecule has 1 rings (SSSR count). The number of hydrogen-bond donors (Lipinski definition) is 0. The predicted molar refractivity (Wildman–Crippen MR) is 54.9 cm³/mol. The first kappa shape index (κ1) is 11.6. The molecule has 0 unspecified atom stereocenters. The van der Waals surface area contributed by atoms with Gasteiger partial charge in [0.15, 0.2) is 0 Å². The molecule has 0 atom stereocenters. The molecule has 0 bridgehead atoms. The van der Waals surface area contributed by atoms with Crippen molar-refractivity contribution >= 4 is 15.9 Å². The van der Waals surface area contributed by atoms with Gasteiger partial charge < -0.3 is 0 Å². The highest BCUT2D eigenvalue weighted by molar-refractivity contribution is 9.10. The van der Waals surface area contributed by atoms with Crippen molar-refractivity contribution in [3.05, 3.63) is 33.5 Å². The van der Waals surface area contributed by atoms with E-state index in [1.807, 2.05) is 33.8 Å². The highest BCUT2D eigenvalue weighted by atomic mass is 79.9. The lowest BCUT2D eigenvalue weighted by Gasteiger charge is -2.00. The maximum absolute atomic E-state index is 12.8. The Labute approximate surface area is 81.9 Å². The molecule has 0 aliphatic rings. The lowest BCUT2D eigenvalue weighted by atomic mass is 10.1. The molecule has 0 aliphatic carbocycles. The molecule has 0 nitrogen and oxygen atoms in total. The van der Waals surface area contributed by atoms with Gasteiger partial charge in [-0.15, -0.1) is 0 Å². The molecule has 0 fully saturated rings. The Balaban J connectivity index is 0.000000561. The first-order chi connectivity index (χ1) is 5.61. The minimum absolute atomic E-state index is 0.183. The first-order valence-corrected chi connectivity index (χ1v) is 4.83. The maximum atomic E-state index is 12.8. The number of halogens is 2. The van der Waals surface area contributed by atoms with Crippen LogP contribution in [0.1, 0.15) is 25.0 Å². The average Bonchev–Trinajstić information content (AvgIpc) is 2.04. The van der Waals surface area contributed by atoms with Crippen LogP contribution in [0.3, 0.4) is 0 Å². The van der Waals surface area contributed by atoms with E-state index >= 15 is 0 Å². The fourth-order valence-electron chi connectivity index (χ4n) is 0.898. The molecule has 0 spiro atoms. The van der Waals surface area contributed by atoms with Gasteiger partial charge in [0.1, 0.15) is 5.82 Å². The Morgan fingerprint density at radius 1 is 1.17 bits per heavy atom. The van der Waals surface area contributed by atoms with Gasteiger partial charge in [-0.1, -0.05) is 19.9 Å². The summed E-state index contributed by atoms with van der Waals surface area (Å²) in [5.74, 6) is -0.183. The molecular weight excluding hydrogens is 219 g/mol. The molecule has 0 saturated carbocycles. The van der Waals surface area contributed by atoms with Crippen LogP contribution in [-0.4, -0.2) is 0 Å². The fourth-order valence-corrected chi connectivity index (χ4v) is 1.13. The monoisotopic (exact) mass is 232 g/mol. The lowest BCUT2D eigenvalue weighted by molar-refractivity contribution is 0.618. The summed E-state index contributed by atoms with van der Waals surface area (Å²) in [6.45, 7) is 7.75. The molecule has 0 radical (unpaired) electrons. The summed E-state index contributed by atoms with van der Waals surface area (Å²) in [5.41, 5.74) is 1.90. The molecule has 2 heteroatoms. The Morgan fingerprint density at radius 3 is 2.08 bits per heavy atom. The van der Waals surface area contributed by atoms with Crippen LogP contribution in [0, 0.1) is 19.7 Å². The smallest absolute Gasteiger partial charge is 0.137 e. The van der Waals surface area contributed by atoms with Crippen molar-refractivity contribution in [3.63, 3.8) is 0 Å². The number of hydrogen-bond acceptors (Lipinski definition) is 0. The van der Waals surface area contributed by atoms with E-state index in [1.54, 1.807) is 0 Å². The van der Waals surface area contributed by atoms with Crippen LogP contribution < -0.4 is 0 Å². The molecule has 0 heterocycles. The van der Waals surface area contributed by atoms with Crippen molar-refractivity contribution in [1.29, 1.82) is 0 Å². The van der Waals surface area contributed by atoms with Gasteiger partial charge in [-0.25, -0.2) is 4.39 Å². The average molecular weight is 233 g/mol. The summed E-state index contributed by atoms with van der Waals surface area (Å²) in [4.78, 5) is 0. The molecule has 0 aromatic heterocycles. The second-order valence-corrected chi connectivity index (χ2v) is 3.17. The second kappa shape index (κ2) is 5.31. The van der Waals surface area contributed by atoms with E-state index < -0.39 is 0 Å². The van der Waals surface area contributed by atoms with Gasteiger partial charge in [0.2, 0.25) is 0 Å². The summed E-state index contributed by atoms with van der Waals surface area (Å²) >= 11 is 3.14. The van der Waals surface area contributed by atoms with Crippen LogP contribution >= 0.6 is 15.9 Å². The summed E-state index contributed by atoms with van der Waals surface area (Å²) in [5, 5.41) is 0. The molecule has 0 N–H and O–H groups in total. The third-order valence-electron chi connectivity index (χ3n) is 1.35. The topological polar surface area (TPSA) is 0 Å². The van der Waals surface area contributed by atoms with Gasteiger partial charge in [0, 0.05) is 0 Å². The van der Waals surface area contributed by atoms with Crippen molar-refractivity contribution < 1.29 is 4.39 Å².